The number of hydrogen-bond acceptors (Lipinski definition) is 11. The minimum absolute atomic E-state index is 0.0185. The second-order valence-corrected chi connectivity index (χ2v) is 13.0. The van der Waals surface area contributed by atoms with Gasteiger partial charge in [0.05, 0.1) is 18.3 Å². The van der Waals surface area contributed by atoms with Gasteiger partial charge in [-0.25, -0.2) is 19.0 Å². The van der Waals surface area contributed by atoms with Crippen LogP contribution >= 0.6 is 23.1 Å². The van der Waals surface area contributed by atoms with E-state index in [-0.39, 0.29) is 23.3 Å². The number of imidazole rings is 1. The Labute approximate surface area is 245 Å². The molecule has 3 aromatic rings. The van der Waals surface area contributed by atoms with Crippen molar-refractivity contribution < 1.29 is 14.3 Å². The molecule has 0 saturated carbocycles. The zero-order valence-corrected chi connectivity index (χ0v) is 24.3. The molecule has 4 saturated heterocycles. The molecule has 0 aliphatic carbocycles. The number of fused-ring (bicyclic) bond motifs is 3. The molecule has 1 amide bonds. The van der Waals surface area contributed by atoms with Gasteiger partial charge >= 0.3 is 0 Å². The van der Waals surface area contributed by atoms with Crippen LogP contribution in [0.4, 0.5) is 15.3 Å². The number of nitrogens with zero attached hydrogens (tertiary/aromatic N) is 8. The number of aromatic nitrogens is 3. The van der Waals surface area contributed by atoms with Crippen LogP contribution in [-0.4, -0.2) is 104 Å². The number of carbonyl (C=O) groups excluding carboxylic acids is 1. The summed E-state index contributed by atoms with van der Waals surface area (Å²) in [7, 11) is 1.93. The number of halogens is 1. The minimum atomic E-state index is -0.375. The Kier molecular flexibility index (Phi) is 6.67. The average molecular weight is 596 g/mol. The van der Waals surface area contributed by atoms with Crippen molar-refractivity contribution in [2.75, 3.05) is 50.1 Å². The van der Waals surface area contributed by atoms with Crippen LogP contribution in [-0.2, 0) is 11.2 Å². The maximum Gasteiger partial charge on any atom is 0.236 e. The van der Waals surface area contributed by atoms with Crippen molar-refractivity contribution >= 4 is 40.0 Å². The highest BCUT2D eigenvalue weighted by atomic mass is 32.2. The summed E-state index contributed by atoms with van der Waals surface area (Å²) >= 11 is 2.99. The van der Waals surface area contributed by atoms with Crippen LogP contribution in [0.25, 0.3) is 11.3 Å². The van der Waals surface area contributed by atoms with Crippen molar-refractivity contribution in [3.8, 4) is 17.3 Å². The molecule has 2 aromatic heterocycles. The Balaban J connectivity index is 1.06. The number of thiazole rings is 1. The number of aliphatic hydroxyl groups excluding tert-OH is 1. The number of aryl methyl sites for hydroxylation is 1. The molecule has 214 valence electrons. The molecule has 3 unspecified atom stereocenters. The molecule has 3 atom stereocenters. The summed E-state index contributed by atoms with van der Waals surface area (Å²) in [5.41, 5.74) is 5.83. The normalized spacial score (nSPS) is 23.9. The first kappa shape index (κ1) is 26.7. The number of carbonyl (C=O) groups is 1. The summed E-state index contributed by atoms with van der Waals surface area (Å²) in [6.07, 6.45) is 1.46. The first-order valence-corrected chi connectivity index (χ1v) is 15.4. The first-order valence-electron chi connectivity index (χ1n) is 13.7. The molecule has 0 spiro atoms. The first-order chi connectivity index (χ1) is 19.8. The Bertz CT molecular complexity index is 1520. The molecule has 41 heavy (non-hydrogen) atoms. The standard InChI is InChI=1S/C27H30FN9O2S2/c1-3-20-24(33(2)25-31-23(21(9-29)40-25)15-4-6-16(28)7-5-15)37-26(30-20)41-27(32-37)35-10-17-8-18(11-35)36(17)14-22(39)34-12-19(38)13-34/h4-7,17-19,27,32,38H,3,8,10-14H2,1-2H3. The molecule has 4 fully saturated rings. The molecule has 11 nitrogen and oxygen atoms in total. The van der Waals surface area contributed by atoms with Crippen molar-refractivity contribution in [3.05, 3.63) is 40.7 Å². The largest absolute Gasteiger partial charge is 0.389 e. The fourth-order valence-corrected chi connectivity index (χ4v) is 8.05. The molecule has 7 heterocycles. The number of anilines is 2. The Morgan fingerprint density at radius 1 is 1.22 bits per heavy atom. The number of hydrogen-bond donors (Lipinski definition) is 2. The van der Waals surface area contributed by atoms with Gasteiger partial charge in [0.15, 0.2) is 16.1 Å². The molecule has 8 rings (SSSR count). The van der Waals surface area contributed by atoms with Crippen molar-refractivity contribution in [2.45, 2.75) is 48.6 Å². The number of likely N-dealkylation sites (tertiary alicyclic amines) is 1. The molecule has 1 aromatic carbocycles. The lowest BCUT2D eigenvalue weighted by Crippen LogP contribution is -2.71. The molecule has 14 heteroatoms. The number of amides is 1. The number of nitrogens with one attached hydrogen (secondary N) is 1. The van der Waals surface area contributed by atoms with E-state index in [1.165, 1.54) is 23.5 Å². The molecular formula is C27H30FN9O2S2. The fraction of sp³-hybridized carbons (Fsp3) is 0.481. The van der Waals surface area contributed by atoms with E-state index in [0.29, 0.717) is 53.0 Å². The van der Waals surface area contributed by atoms with Gasteiger partial charge in [-0.15, -0.1) is 0 Å². The third kappa shape index (κ3) is 4.56. The number of thioether (sulfide) groups is 1. The predicted octanol–water partition coefficient (Wildman–Crippen LogP) is 2.24. The second kappa shape index (κ2) is 10.2. The summed E-state index contributed by atoms with van der Waals surface area (Å²) in [5, 5.41) is 20.8. The van der Waals surface area contributed by atoms with Crippen molar-refractivity contribution in [2.24, 2.45) is 0 Å². The maximum atomic E-state index is 13.5. The summed E-state index contributed by atoms with van der Waals surface area (Å²) < 4.78 is 15.5. The molecule has 5 aliphatic heterocycles. The SMILES string of the molecule is CCc1nc2n(c1N(C)c1nc(-c3ccc(F)cc3)c(C#N)s1)NC(N1CC3CC(C1)N3CC(=O)N1CC(O)C1)S2. The lowest BCUT2D eigenvalue weighted by atomic mass is 9.87. The van der Waals surface area contributed by atoms with E-state index in [1.54, 1.807) is 28.8 Å². The van der Waals surface area contributed by atoms with E-state index in [0.717, 1.165) is 42.6 Å². The van der Waals surface area contributed by atoms with E-state index >= 15 is 0 Å². The van der Waals surface area contributed by atoms with Gasteiger partial charge in [-0.2, -0.15) is 5.26 Å². The number of piperazine rings is 1. The van der Waals surface area contributed by atoms with Gasteiger partial charge in [-0.05, 0) is 48.9 Å². The van der Waals surface area contributed by atoms with E-state index in [9.17, 15) is 19.6 Å². The third-order valence-corrected chi connectivity index (χ3v) is 10.5. The third-order valence-electron chi connectivity index (χ3n) is 8.36. The van der Waals surface area contributed by atoms with Gasteiger partial charge in [-0.1, -0.05) is 18.3 Å². The highest BCUT2D eigenvalue weighted by Crippen LogP contribution is 2.42. The lowest BCUT2D eigenvalue weighted by Gasteiger charge is -2.57. The van der Waals surface area contributed by atoms with Crippen molar-refractivity contribution in [1.29, 1.82) is 5.26 Å². The van der Waals surface area contributed by atoms with Crippen LogP contribution in [0.1, 0.15) is 23.9 Å². The number of aliphatic hydroxyl groups is 1. The Hall–Kier alpha value is -3.22. The number of β-amino-alcohol motifs (C(OH)–C–C–N with tert-alkyl or cyclic N) is 1. The maximum absolute atomic E-state index is 13.5. The number of nitriles is 1. The van der Waals surface area contributed by atoms with Gasteiger partial charge in [0.1, 0.15) is 28.0 Å². The predicted molar refractivity (Wildman–Crippen MR) is 154 cm³/mol. The monoisotopic (exact) mass is 595 g/mol. The second-order valence-electron chi connectivity index (χ2n) is 10.9. The smallest absolute Gasteiger partial charge is 0.236 e. The van der Waals surface area contributed by atoms with Crippen molar-refractivity contribution in [1.82, 2.24) is 29.3 Å². The summed E-state index contributed by atoms with van der Waals surface area (Å²) in [4.78, 5) is 31.2. The highest BCUT2D eigenvalue weighted by molar-refractivity contribution is 8.00. The van der Waals surface area contributed by atoms with E-state index in [4.69, 9.17) is 9.97 Å². The molecule has 0 radical (unpaired) electrons. The molecule has 2 bridgehead atoms. The van der Waals surface area contributed by atoms with Gasteiger partial charge < -0.3 is 14.9 Å². The lowest BCUT2D eigenvalue weighted by molar-refractivity contribution is -0.150. The number of rotatable bonds is 7. The van der Waals surface area contributed by atoms with Crippen LogP contribution in [0.15, 0.2) is 29.4 Å². The topological polar surface area (TPSA) is 117 Å². The van der Waals surface area contributed by atoms with Gasteiger partial charge in [0.2, 0.25) is 5.91 Å². The van der Waals surface area contributed by atoms with E-state index in [1.807, 2.05) is 16.6 Å². The summed E-state index contributed by atoms with van der Waals surface area (Å²) in [6, 6.07) is 8.96. The molecule has 5 aliphatic rings. The Morgan fingerprint density at radius 2 is 1.95 bits per heavy atom. The van der Waals surface area contributed by atoms with Gasteiger partial charge in [0, 0.05) is 50.9 Å². The number of benzene rings is 1. The quantitative estimate of drug-likeness (QED) is 0.421. The van der Waals surface area contributed by atoms with Crippen LogP contribution < -0.4 is 10.3 Å². The fourth-order valence-electron chi connectivity index (χ4n) is 6.11. The summed E-state index contributed by atoms with van der Waals surface area (Å²) in [6.45, 7) is 5.13. The molecular weight excluding hydrogens is 565 g/mol. The van der Waals surface area contributed by atoms with E-state index < -0.39 is 0 Å². The summed E-state index contributed by atoms with van der Waals surface area (Å²) in [5.74, 6) is 0.656. The van der Waals surface area contributed by atoms with Gasteiger partial charge in [0.25, 0.3) is 0 Å². The zero-order chi connectivity index (χ0) is 28.4. The highest BCUT2D eigenvalue weighted by Gasteiger charge is 2.49. The van der Waals surface area contributed by atoms with Gasteiger partial charge in [-0.3, -0.25) is 20.0 Å². The van der Waals surface area contributed by atoms with E-state index in [2.05, 4.69) is 28.2 Å². The number of piperidine rings is 1. The van der Waals surface area contributed by atoms with Crippen LogP contribution in [0.3, 0.4) is 0 Å². The van der Waals surface area contributed by atoms with Crippen LogP contribution in [0.5, 0.6) is 0 Å². The van der Waals surface area contributed by atoms with Crippen molar-refractivity contribution in [3.63, 3.8) is 0 Å². The van der Waals surface area contributed by atoms with Crippen LogP contribution in [0, 0.1) is 17.1 Å². The average Bonchev–Trinajstić information content (AvgIpc) is 3.67. The Morgan fingerprint density at radius 3 is 2.61 bits per heavy atom. The van der Waals surface area contributed by atoms with Crippen LogP contribution in [0.2, 0.25) is 0 Å². The minimum Gasteiger partial charge on any atom is -0.389 e. The zero-order valence-electron chi connectivity index (χ0n) is 22.7. The molecule has 2 N–H and O–H groups in total.